The van der Waals surface area contributed by atoms with E-state index in [4.69, 9.17) is 6.42 Å². The molecule has 0 saturated heterocycles. The maximum Gasteiger partial charge on any atom is 0.0695 e. The summed E-state index contributed by atoms with van der Waals surface area (Å²) in [6.45, 7) is 0.723. The minimum Gasteiger partial charge on any atom is -0.242 e. The molecule has 1 nitrogen and oxygen atoms in total. The zero-order chi connectivity index (χ0) is 5.70. The average molecular weight is 115 g/mol. The lowest BCUT2D eigenvalue weighted by Gasteiger charge is -2.05. The van der Waals surface area contributed by atoms with Crippen molar-refractivity contribution in [1.82, 2.24) is 4.31 Å². The van der Waals surface area contributed by atoms with Crippen LogP contribution in [0.2, 0.25) is 0 Å². The fraction of sp³-hybridized carbons (Fsp3) is 0.600. The molecule has 0 fully saturated rings. The minimum absolute atomic E-state index is 0.723. The van der Waals surface area contributed by atoms with Gasteiger partial charge in [0.15, 0.2) is 0 Å². The second-order valence-electron chi connectivity index (χ2n) is 1.17. The summed E-state index contributed by atoms with van der Waals surface area (Å²) in [6, 6.07) is 0. The van der Waals surface area contributed by atoms with Gasteiger partial charge in [-0.25, -0.2) is 4.31 Å². The van der Waals surface area contributed by atoms with E-state index < -0.39 is 0 Å². The van der Waals surface area contributed by atoms with Crippen LogP contribution in [0.5, 0.6) is 0 Å². The minimum atomic E-state index is 0.723. The first-order valence-electron chi connectivity index (χ1n) is 2.00. The van der Waals surface area contributed by atoms with Crippen LogP contribution in [0, 0.1) is 12.3 Å². The first-order valence-corrected chi connectivity index (χ1v) is 3.18. The number of rotatable bonds is 2. The Hall–Kier alpha value is -0.130. The highest BCUT2D eigenvalue weighted by Gasteiger charge is 1.85. The molecule has 0 unspecified atom stereocenters. The molecule has 0 saturated carbocycles. The molecule has 0 spiro atoms. The first-order chi connectivity index (χ1) is 3.31. The van der Waals surface area contributed by atoms with Gasteiger partial charge in [-0.2, -0.15) is 0 Å². The Kier molecular flexibility index (Phi) is 3.97. The van der Waals surface area contributed by atoms with Crippen LogP contribution >= 0.6 is 11.9 Å². The lowest BCUT2D eigenvalue weighted by Crippen LogP contribution is -2.06. The van der Waals surface area contributed by atoms with Gasteiger partial charge in [-0.3, -0.25) is 0 Å². The van der Waals surface area contributed by atoms with Crippen molar-refractivity contribution < 1.29 is 0 Å². The van der Waals surface area contributed by atoms with E-state index in [1.807, 2.05) is 17.6 Å². The Labute approximate surface area is 49.2 Å². The predicted molar refractivity (Wildman–Crippen MR) is 35.0 cm³/mol. The molecule has 0 N–H and O–H groups in total. The molecule has 2 heteroatoms. The third-order valence-electron chi connectivity index (χ3n) is 0.626. The van der Waals surface area contributed by atoms with Crippen molar-refractivity contribution in [2.45, 2.75) is 0 Å². The molecule has 0 aromatic heterocycles. The summed E-state index contributed by atoms with van der Waals surface area (Å²) >= 11 is 1.64. The molecule has 0 aliphatic rings. The quantitative estimate of drug-likeness (QED) is 0.387. The van der Waals surface area contributed by atoms with E-state index in [-0.39, 0.29) is 0 Å². The van der Waals surface area contributed by atoms with Gasteiger partial charge in [-0.05, 0) is 13.3 Å². The van der Waals surface area contributed by atoms with Gasteiger partial charge in [0.05, 0.1) is 6.54 Å². The maximum absolute atomic E-state index is 5.00. The van der Waals surface area contributed by atoms with Crippen LogP contribution in [0.1, 0.15) is 0 Å². The molecular formula is C5H9NS. The average Bonchev–Trinajstić information content (AvgIpc) is 1.68. The fourth-order valence-corrected chi connectivity index (χ4v) is 0.397. The van der Waals surface area contributed by atoms with E-state index in [2.05, 4.69) is 5.92 Å². The second kappa shape index (κ2) is 4.04. The molecule has 40 valence electrons. The highest BCUT2D eigenvalue weighted by Crippen LogP contribution is 1.96. The highest BCUT2D eigenvalue weighted by molar-refractivity contribution is 7.96. The van der Waals surface area contributed by atoms with Crippen LogP contribution in [0.4, 0.5) is 0 Å². The van der Waals surface area contributed by atoms with Crippen LogP contribution in [0.15, 0.2) is 0 Å². The van der Waals surface area contributed by atoms with Crippen molar-refractivity contribution in [2.75, 3.05) is 19.8 Å². The van der Waals surface area contributed by atoms with Crippen LogP contribution in [-0.2, 0) is 0 Å². The first kappa shape index (κ1) is 6.87. The molecule has 0 bridgehead atoms. The van der Waals surface area contributed by atoms with Crippen molar-refractivity contribution in [3.8, 4) is 12.3 Å². The van der Waals surface area contributed by atoms with E-state index in [1.54, 1.807) is 11.9 Å². The topological polar surface area (TPSA) is 3.24 Å². The zero-order valence-corrected chi connectivity index (χ0v) is 5.46. The Morgan fingerprint density at radius 3 is 2.57 bits per heavy atom. The monoisotopic (exact) mass is 115 g/mol. The summed E-state index contributed by atoms with van der Waals surface area (Å²) in [5, 5.41) is 0. The van der Waals surface area contributed by atoms with Crippen molar-refractivity contribution in [1.29, 1.82) is 0 Å². The largest absolute Gasteiger partial charge is 0.242 e. The maximum atomic E-state index is 5.00. The lowest BCUT2D eigenvalue weighted by molar-refractivity contribution is 0.650. The molecule has 0 heterocycles. The molecule has 7 heavy (non-hydrogen) atoms. The van der Waals surface area contributed by atoms with E-state index in [0.29, 0.717) is 0 Å². The molecule has 0 aromatic carbocycles. The zero-order valence-electron chi connectivity index (χ0n) is 4.64. The molecule has 0 radical (unpaired) electrons. The van der Waals surface area contributed by atoms with Gasteiger partial charge >= 0.3 is 0 Å². The summed E-state index contributed by atoms with van der Waals surface area (Å²) in [5.41, 5.74) is 0. The molecule has 0 amide bonds. The van der Waals surface area contributed by atoms with E-state index in [1.165, 1.54) is 0 Å². The summed E-state index contributed by atoms with van der Waals surface area (Å²) in [7, 11) is 1.96. The molecule has 0 aliphatic heterocycles. The number of nitrogens with zero attached hydrogens (tertiary/aromatic N) is 1. The molecule has 0 aromatic rings. The predicted octanol–water partition coefficient (Wildman–Crippen LogP) is 0.829. The van der Waals surface area contributed by atoms with Gasteiger partial charge in [0.2, 0.25) is 0 Å². The van der Waals surface area contributed by atoms with Crippen molar-refractivity contribution in [3.05, 3.63) is 0 Å². The number of hydrogen-bond donors (Lipinski definition) is 0. The van der Waals surface area contributed by atoms with Crippen LogP contribution in [0.3, 0.4) is 0 Å². The number of terminal acetylenes is 1. The summed E-state index contributed by atoms with van der Waals surface area (Å²) in [4.78, 5) is 0. The Balaban J connectivity index is 3.03. The van der Waals surface area contributed by atoms with Gasteiger partial charge in [-0.15, -0.1) is 6.42 Å². The molecular weight excluding hydrogens is 106 g/mol. The van der Waals surface area contributed by atoms with Gasteiger partial charge in [-0.1, -0.05) is 17.9 Å². The Morgan fingerprint density at radius 1 is 1.86 bits per heavy atom. The SMILES string of the molecule is C#CCN(C)SC. The van der Waals surface area contributed by atoms with Gasteiger partial charge < -0.3 is 0 Å². The second-order valence-corrected chi connectivity index (χ2v) is 2.16. The molecule has 0 atom stereocenters. The lowest BCUT2D eigenvalue weighted by atomic mass is 10.7. The van der Waals surface area contributed by atoms with E-state index >= 15 is 0 Å². The van der Waals surface area contributed by atoms with E-state index in [0.717, 1.165) is 6.54 Å². The standard InChI is InChI=1S/C5H9NS/c1-4-5-6(2)7-3/h1H,5H2,2-3H3. The third-order valence-corrected chi connectivity index (χ3v) is 1.38. The molecule has 0 rings (SSSR count). The highest BCUT2D eigenvalue weighted by atomic mass is 32.2. The third kappa shape index (κ3) is 3.71. The smallest absolute Gasteiger partial charge is 0.0695 e. The van der Waals surface area contributed by atoms with E-state index in [9.17, 15) is 0 Å². The van der Waals surface area contributed by atoms with Crippen molar-refractivity contribution in [2.24, 2.45) is 0 Å². The molecule has 0 aliphatic carbocycles. The summed E-state index contributed by atoms with van der Waals surface area (Å²) in [6.07, 6.45) is 7.00. The van der Waals surface area contributed by atoms with Gasteiger partial charge in [0.25, 0.3) is 0 Å². The van der Waals surface area contributed by atoms with Gasteiger partial charge in [0, 0.05) is 0 Å². The Morgan fingerprint density at radius 2 is 2.43 bits per heavy atom. The normalized spacial score (nSPS) is 8.86. The van der Waals surface area contributed by atoms with Gasteiger partial charge in [0.1, 0.15) is 0 Å². The Bertz CT molecular complexity index is 74.6. The van der Waals surface area contributed by atoms with Crippen LogP contribution < -0.4 is 0 Å². The van der Waals surface area contributed by atoms with Crippen molar-refractivity contribution >= 4 is 11.9 Å². The van der Waals surface area contributed by atoms with Crippen molar-refractivity contribution in [3.63, 3.8) is 0 Å². The summed E-state index contributed by atoms with van der Waals surface area (Å²) < 4.78 is 1.99. The fourth-order valence-electron chi connectivity index (χ4n) is 0.193. The van der Waals surface area contributed by atoms with Crippen LogP contribution in [-0.4, -0.2) is 24.2 Å². The number of hydrogen-bond acceptors (Lipinski definition) is 2. The van der Waals surface area contributed by atoms with Crippen LogP contribution in [0.25, 0.3) is 0 Å². The summed E-state index contributed by atoms with van der Waals surface area (Å²) in [5.74, 6) is 2.52.